The van der Waals surface area contributed by atoms with Gasteiger partial charge in [-0.05, 0) is 30.2 Å². The summed E-state index contributed by atoms with van der Waals surface area (Å²) in [5.41, 5.74) is 1.84. The average molecular weight is 405 g/mol. The van der Waals surface area contributed by atoms with Gasteiger partial charge in [-0.3, -0.25) is 9.59 Å². The number of hydrogen-bond donors (Lipinski definition) is 1. The number of ether oxygens (including phenoxy) is 1. The van der Waals surface area contributed by atoms with E-state index < -0.39 is 18.5 Å². The molecular weight excluding hydrogens is 385 g/mol. The van der Waals surface area contributed by atoms with E-state index in [1.165, 1.54) is 18.2 Å². The molecule has 0 atom stereocenters. The quantitative estimate of drug-likeness (QED) is 0.479. The van der Waals surface area contributed by atoms with E-state index in [4.69, 9.17) is 4.74 Å². The van der Waals surface area contributed by atoms with Crippen molar-refractivity contribution in [1.82, 2.24) is 5.32 Å². The zero-order chi connectivity index (χ0) is 21.5. The fraction of sp³-hybridized carbons (Fsp3) is 0.125. The van der Waals surface area contributed by atoms with Crippen LogP contribution >= 0.6 is 0 Å². The van der Waals surface area contributed by atoms with E-state index in [0.717, 1.165) is 0 Å². The Bertz CT molecular complexity index is 1080. The van der Waals surface area contributed by atoms with Crippen molar-refractivity contribution >= 4 is 17.7 Å². The molecule has 0 bridgehead atoms. The molecule has 0 heterocycles. The van der Waals surface area contributed by atoms with Gasteiger partial charge < -0.3 is 10.1 Å². The van der Waals surface area contributed by atoms with Crippen molar-refractivity contribution in [1.29, 1.82) is 0 Å². The van der Waals surface area contributed by atoms with Gasteiger partial charge in [0.2, 0.25) is 0 Å². The lowest BCUT2D eigenvalue weighted by Crippen LogP contribution is -2.28. The normalized spacial score (nSPS) is 10.3. The van der Waals surface area contributed by atoms with Crippen LogP contribution in [0.15, 0.2) is 72.8 Å². The molecule has 152 valence electrons. The van der Waals surface area contributed by atoms with Crippen LogP contribution in [-0.4, -0.2) is 24.3 Å². The number of halogens is 1. The zero-order valence-electron chi connectivity index (χ0n) is 16.4. The van der Waals surface area contributed by atoms with Gasteiger partial charge in [0.25, 0.3) is 5.91 Å². The van der Waals surface area contributed by atoms with Crippen molar-refractivity contribution in [2.75, 3.05) is 6.61 Å². The van der Waals surface area contributed by atoms with Gasteiger partial charge in [-0.1, -0.05) is 60.7 Å². The lowest BCUT2D eigenvalue weighted by molar-refractivity contribution is -0.124. The summed E-state index contributed by atoms with van der Waals surface area (Å²) in [5, 5.41) is 2.57. The lowest BCUT2D eigenvalue weighted by Gasteiger charge is -2.10. The first kappa shape index (κ1) is 20.9. The monoisotopic (exact) mass is 405 g/mol. The summed E-state index contributed by atoms with van der Waals surface area (Å²) >= 11 is 0. The summed E-state index contributed by atoms with van der Waals surface area (Å²) in [6.07, 6.45) is 0. The van der Waals surface area contributed by atoms with Crippen LogP contribution in [0.3, 0.4) is 0 Å². The highest BCUT2D eigenvalue weighted by atomic mass is 19.1. The molecule has 0 unspecified atom stereocenters. The van der Waals surface area contributed by atoms with Crippen molar-refractivity contribution in [3.63, 3.8) is 0 Å². The van der Waals surface area contributed by atoms with E-state index in [2.05, 4.69) is 5.32 Å². The van der Waals surface area contributed by atoms with Gasteiger partial charge in [0.1, 0.15) is 5.82 Å². The molecule has 3 rings (SSSR count). The highest BCUT2D eigenvalue weighted by Gasteiger charge is 2.19. The summed E-state index contributed by atoms with van der Waals surface area (Å²) in [4.78, 5) is 37.2. The second kappa shape index (κ2) is 9.60. The number of benzene rings is 3. The van der Waals surface area contributed by atoms with Crippen molar-refractivity contribution in [3.8, 4) is 0 Å². The molecule has 0 radical (unpaired) electrons. The molecule has 0 saturated heterocycles. The van der Waals surface area contributed by atoms with Crippen molar-refractivity contribution < 1.29 is 23.5 Å². The number of aryl methyl sites for hydroxylation is 1. The van der Waals surface area contributed by atoms with Gasteiger partial charge in [-0.2, -0.15) is 0 Å². The van der Waals surface area contributed by atoms with Crippen LogP contribution in [0.1, 0.15) is 37.4 Å². The maximum absolute atomic E-state index is 13.6. The fourth-order valence-electron chi connectivity index (χ4n) is 2.81. The third-order valence-electron chi connectivity index (χ3n) is 4.49. The highest BCUT2D eigenvalue weighted by molar-refractivity contribution is 6.14. The Kier molecular flexibility index (Phi) is 6.70. The number of hydrogen-bond acceptors (Lipinski definition) is 4. The van der Waals surface area contributed by atoms with Gasteiger partial charge in [-0.25, -0.2) is 9.18 Å². The average Bonchev–Trinajstić information content (AvgIpc) is 2.78. The Morgan fingerprint density at radius 2 is 1.57 bits per heavy atom. The fourth-order valence-corrected chi connectivity index (χ4v) is 2.81. The summed E-state index contributed by atoms with van der Waals surface area (Å²) in [7, 11) is 0. The molecule has 0 spiro atoms. The molecule has 0 fully saturated rings. The van der Waals surface area contributed by atoms with E-state index >= 15 is 0 Å². The maximum atomic E-state index is 13.6. The Morgan fingerprint density at radius 3 is 2.27 bits per heavy atom. The largest absolute Gasteiger partial charge is 0.452 e. The Hall–Kier alpha value is -3.80. The second-order valence-corrected chi connectivity index (χ2v) is 6.68. The Balaban J connectivity index is 1.60. The third-order valence-corrected chi connectivity index (χ3v) is 4.49. The molecule has 0 aliphatic carbocycles. The van der Waals surface area contributed by atoms with E-state index in [1.807, 2.05) is 0 Å². The molecule has 5 nitrogen and oxygen atoms in total. The molecule has 30 heavy (non-hydrogen) atoms. The Labute approximate surface area is 173 Å². The van der Waals surface area contributed by atoms with E-state index in [1.54, 1.807) is 61.5 Å². The molecule has 0 saturated carbocycles. The van der Waals surface area contributed by atoms with Crippen LogP contribution in [0.25, 0.3) is 0 Å². The topological polar surface area (TPSA) is 72.5 Å². The van der Waals surface area contributed by atoms with E-state index in [9.17, 15) is 18.8 Å². The number of carbonyl (C=O) groups is 3. The molecule has 1 N–H and O–H groups in total. The number of ketones is 1. The van der Waals surface area contributed by atoms with Crippen LogP contribution in [0.2, 0.25) is 0 Å². The van der Waals surface area contributed by atoms with Crippen LogP contribution < -0.4 is 5.32 Å². The number of carbonyl (C=O) groups excluding carboxylic acids is 3. The van der Waals surface area contributed by atoms with Crippen molar-refractivity contribution in [3.05, 3.63) is 106 Å². The van der Waals surface area contributed by atoms with Gasteiger partial charge in [0.15, 0.2) is 12.4 Å². The first-order valence-corrected chi connectivity index (χ1v) is 9.33. The second-order valence-electron chi connectivity index (χ2n) is 6.68. The molecule has 0 aliphatic heterocycles. The molecule has 3 aromatic rings. The summed E-state index contributed by atoms with van der Waals surface area (Å²) < 4.78 is 18.6. The number of nitrogens with one attached hydrogen (secondary N) is 1. The minimum Gasteiger partial charge on any atom is -0.452 e. The smallest absolute Gasteiger partial charge is 0.339 e. The third kappa shape index (κ3) is 5.17. The first-order valence-electron chi connectivity index (χ1n) is 9.33. The van der Waals surface area contributed by atoms with Crippen LogP contribution in [-0.2, 0) is 16.1 Å². The zero-order valence-corrected chi connectivity index (χ0v) is 16.4. The molecule has 0 aromatic heterocycles. The summed E-state index contributed by atoms with van der Waals surface area (Å²) in [6.45, 7) is 1.25. The molecular formula is C24H20FNO4. The summed E-state index contributed by atoms with van der Waals surface area (Å²) in [6, 6.07) is 19.5. The lowest BCUT2D eigenvalue weighted by atomic mass is 9.98. The molecule has 0 aliphatic rings. The molecule has 3 aromatic carbocycles. The first-order chi connectivity index (χ1) is 14.5. The van der Waals surface area contributed by atoms with Crippen molar-refractivity contribution in [2.24, 2.45) is 0 Å². The highest BCUT2D eigenvalue weighted by Crippen LogP contribution is 2.16. The van der Waals surface area contributed by atoms with Gasteiger partial charge in [0, 0.05) is 17.7 Å². The minimum atomic E-state index is -0.772. The van der Waals surface area contributed by atoms with E-state index in [-0.39, 0.29) is 29.3 Å². The molecule has 6 heteroatoms. The maximum Gasteiger partial charge on any atom is 0.339 e. The Morgan fingerprint density at radius 1 is 0.900 bits per heavy atom. The molecule has 1 amide bonds. The van der Waals surface area contributed by atoms with Crippen LogP contribution in [0, 0.1) is 12.7 Å². The van der Waals surface area contributed by atoms with Crippen LogP contribution in [0.5, 0.6) is 0 Å². The number of esters is 1. The number of amides is 1. The standard InChI is InChI=1S/C24H20FNO4/c1-16-11-12-17(13-21(16)25)14-26-22(27)15-30-24(29)20-10-6-5-9-19(20)23(28)18-7-3-2-4-8-18/h2-13H,14-15H2,1H3,(H,26,27). The van der Waals surface area contributed by atoms with Gasteiger partial charge >= 0.3 is 5.97 Å². The predicted molar refractivity (Wildman–Crippen MR) is 110 cm³/mol. The van der Waals surface area contributed by atoms with Gasteiger partial charge in [0.05, 0.1) is 5.56 Å². The minimum absolute atomic E-state index is 0.0831. The predicted octanol–water partition coefficient (Wildman–Crippen LogP) is 3.84. The summed E-state index contributed by atoms with van der Waals surface area (Å²) in [5.74, 6) is -1.97. The number of rotatable bonds is 7. The van der Waals surface area contributed by atoms with E-state index in [0.29, 0.717) is 16.7 Å². The SMILES string of the molecule is Cc1ccc(CNC(=O)COC(=O)c2ccccc2C(=O)c2ccccc2)cc1F. The van der Waals surface area contributed by atoms with Crippen molar-refractivity contribution in [2.45, 2.75) is 13.5 Å². The van der Waals surface area contributed by atoms with Crippen LogP contribution in [0.4, 0.5) is 4.39 Å². The van der Waals surface area contributed by atoms with Gasteiger partial charge in [-0.15, -0.1) is 0 Å².